The number of nitrogens with one attached hydrogen (secondary N) is 1. The Bertz CT molecular complexity index is 957. The van der Waals surface area contributed by atoms with Crippen LogP contribution in [-0.2, 0) is 4.79 Å². The zero-order chi connectivity index (χ0) is 38.5. The molecule has 0 radical (unpaired) electrons. The minimum atomic E-state index is 0.310. The predicted molar refractivity (Wildman–Crippen MR) is 236 cm³/mol. The van der Waals surface area contributed by atoms with Gasteiger partial charge in [-0.05, 0) is 143 Å². The Labute approximate surface area is 338 Å². The van der Waals surface area contributed by atoms with E-state index in [0.717, 1.165) is 61.9 Å². The van der Waals surface area contributed by atoms with Gasteiger partial charge in [-0.3, -0.25) is 4.79 Å². The predicted octanol–water partition coefficient (Wildman–Crippen LogP) is 15.1. The van der Waals surface area contributed by atoms with Gasteiger partial charge in [0.15, 0.2) is 0 Å². The van der Waals surface area contributed by atoms with Crippen LogP contribution >= 0.6 is 0 Å². The van der Waals surface area contributed by atoms with Crippen molar-refractivity contribution in [2.75, 3.05) is 26.2 Å². The molecule has 4 rings (SSSR count). The van der Waals surface area contributed by atoms with Gasteiger partial charge in [0.1, 0.15) is 0 Å². The lowest BCUT2D eigenvalue weighted by Gasteiger charge is -2.61. The maximum Gasteiger partial charge on any atom is 0.220 e. The van der Waals surface area contributed by atoms with Crippen LogP contribution in [0.3, 0.4) is 0 Å². The van der Waals surface area contributed by atoms with Crippen molar-refractivity contribution in [3.05, 3.63) is 0 Å². The molecular weight excluding hydrogens is 657 g/mol. The van der Waals surface area contributed by atoms with Gasteiger partial charge in [-0.1, -0.05) is 163 Å². The third-order valence-corrected chi connectivity index (χ3v) is 16.8. The molecule has 0 heterocycles. The lowest BCUT2D eigenvalue weighted by atomic mass is 9.44. The van der Waals surface area contributed by atoms with Crippen LogP contribution in [0.1, 0.15) is 247 Å². The molecule has 0 aliphatic heterocycles. The number of amides is 1. The minimum absolute atomic E-state index is 0.310. The first kappa shape index (κ1) is 46.1. The lowest BCUT2D eigenvalue weighted by Crippen LogP contribution is -2.53. The summed E-state index contributed by atoms with van der Waals surface area (Å²) in [4.78, 5) is 15.9. The second kappa shape index (κ2) is 25.7. The topological polar surface area (TPSA) is 32.3 Å². The van der Waals surface area contributed by atoms with Gasteiger partial charge in [0.05, 0.1) is 0 Å². The average Bonchev–Trinajstić information content (AvgIpc) is 3.53. The van der Waals surface area contributed by atoms with Crippen LogP contribution in [0.2, 0.25) is 0 Å². The standard InChI is InChI=1S/C51H96N2O/c1-6-8-10-12-14-16-18-20-22-26-40-53(41-27-23-21-19-17-15-13-11-9-7-2)42-28-39-52-49(54)35-30-43(3)46-33-34-47-45-32-31-44-29-24-25-37-50(44,4)48(45)36-38-51(46,47)5/h43-48H,6-42H2,1-5H3,(H,52,54)/t43-,44?,45?,46?,47?,48?,50?,51?/m1/s1. The van der Waals surface area contributed by atoms with Crippen LogP contribution in [0.5, 0.6) is 0 Å². The molecule has 4 saturated carbocycles. The first-order valence-corrected chi connectivity index (χ1v) is 25.3. The Kier molecular flexibility index (Phi) is 22.0. The molecule has 0 aromatic heterocycles. The number of hydrogen-bond acceptors (Lipinski definition) is 2. The Balaban J connectivity index is 1.11. The molecule has 4 aliphatic carbocycles. The van der Waals surface area contributed by atoms with Crippen LogP contribution in [0.4, 0.5) is 0 Å². The van der Waals surface area contributed by atoms with E-state index in [1.165, 1.54) is 206 Å². The highest BCUT2D eigenvalue weighted by Crippen LogP contribution is 2.68. The molecule has 0 saturated heterocycles. The number of hydrogen-bond donors (Lipinski definition) is 1. The summed E-state index contributed by atoms with van der Waals surface area (Å²) in [7, 11) is 0. The zero-order valence-corrected chi connectivity index (χ0v) is 37.5. The average molecular weight is 753 g/mol. The van der Waals surface area contributed by atoms with Crippen molar-refractivity contribution in [1.82, 2.24) is 10.2 Å². The van der Waals surface area contributed by atoms with Crippen LogP contribution in [0.25, 0.3) is 0 Å². The largest absolute Gasteiger partial charge is 0.356 e. The molecule has 3 nitrogen and oxygen atoms in total. The van der Waals surface area contributed by atoms with E-state index in [-0.39, 0.29) is 0 Å². The Morgan fingerprint density at radius 1 is 0.593 bits per heavy atom. The molecule has 4 aliphatic rings. The molecular formula is C51H96N2O. The molecule has 0 bridgehead atoms. The van der Waals surface area contributed by atoms with E-state index < -0.39 is 0 Å². The van der Waals surface area contributed by atoms with E-state index >= 15 is 0 Å². The van der Waals surface area contributed by atoms with E-state index in [1.807, 2.05) is 0 Å². The highest BCUT2D eigenvalue weighted by molar-refractivity contribution is 5.75. The van der Waals surface area contributed by atoms with Gasteiger partial charge >= 0.3 is 0 Å². The molecule has 3 heteroatoms. The van der Waals surface area contributed by atoms with Crippen LogP contribution in [0.15, 0.2) is 0 Å². The first-order valence-electron chi connectivity index (χ1n) is 25.3. The smallest absolute Gasteiger partial charge is 0.220 e. The van der Waals surface area contributed by atoms with E-state index in [0.29, 0.717) is 22.7 Å². The summed E-state index contributed by atoms with van der Waals surface area (Å²) in [5.74, 6) is 5.74. The maximum atomic E-state index is 13.1. The van der Waals surface area contributed by atoms with Crippen molar-refractivity contribution in [2.45, 2.75) is 247 Å². The summed E-state index contributed by atoms with van der Waals surface area (Å²) in [6.45, 7) is 17.1. The highest BCUT2D eigenvalue weighted by atomic mass is 16.1. The van der Waals surface area contributed by atoms with E-state index in [1.54, 1.807) is 0 Å². The fraction of sp³-hybridized carbons (Fsp3) is 0.980. The van der Waals surface area contributed by atoms with Crippen molar-refractivity contribution in [2.24, 2.45) is 46.3 Å². The molecule has 54 heavy (non-hydrogen) atoms. The summed E-state index contributed by atoms with van der Waals surface area (Å²) in [5.41, 5.74) is 1.15. The maximum absolute atomic E-state index is 13.1. The van der Waals surface area contributed by atoms with Crippen LogP contribution in [0, 0.1) is 46.3 Å². The highest BCUT2D eigenvalue weighted by Gasteiger charge is 2.60. The monoisotopic (exact) mass is 753 g/mol. The fourth-order valence-corrected chi connectivity index (χ4v) is 13.4. The van der Waals surface area contributed by atoms with Crippen molar-refractivity contribution < 1.29 is 4.79 Å². The molecule has 0 spiro atoms. The molecule has 0 aromatic rings. The Morgan fingerprint density at radius 3 is 1.72 bits per heavy atom. The van der Waals surface area contributed by atoms with Gasteiger partial charge in [-0.25, -0.2) is 0 Å². The van der Waals surface area contributed by atoms with Crippen molar-refractivity contribution in [3.8, 4) is 0 Å². The summed E-state index contributed by atoms with van der Waals surface area (Å²) in [5, 5.41) is 3.37. The van der Waals surface area contributed by atoms with Gasteiger partial charge in [0.2, 0.25) is 5.91 Å². The first-order chi connectivity index (χ1) is 26.3. The van der Waals surface area contributed by atoms with Gasteiger partial charge in [0, 0.05) is 13.0 Å². The fourth-order valence-electron chi connectivity index (χ4n) is 13.4. The molecule has 4 fully saturated rings. The van der Waals surface area contributed by atoms with Crippen molar-refractivity contribution in [3.63, 3.8) is 0 Å². The van der Waals surface area contributed by atoms with Gasteiger partial charge in [0.25, 0.3) is 0 Å². The third-order valence-electron chi connectivity index (χ3n) is 16.8. The second-order valence-electron chi connectivity index (χ2n) is 20.6. The van der Waals surface area contributed by atoms with Gasteiger partial charge < -0.3 is 10.2 Å². The van der Waals surface area contributed by atoms with Crippen molar-refractivity contribution in [1.29, 1.82) is 0 Å². The summed E-state index contributed by atoms with van der Waals surface area (Å²) in [6, 6.07) is 0. The van der Waals surface area contributed by atoms with E-state index in [9.17, 15) is 4.79 Å². The van der Waals surface area contributed by atoms with E-state index in [4.69, 9.17) is 0 Å². The lowest BCUT2D eigenvalue weighted by molar-refractivity contribution is -0.122. The Morgan fingerprint density at radius 2 is 1.13 bits per heavy atom. The number of fused-ring (bicyclic) bond motifs is 5. The van der Waals surface area contributed by atoms with Crippen LogP contribution in [-0.4, -0.2) is 37.0 Å². The zero-order valence-electron chi connectivity index (χ0n) is 37.5. The summed E-state index contributed by atoms with van der Waals surface area (Å²) < 4.78 is 0. The Hall–Kier alpha value is -0.570. The molecule has 316 valence electrons. The van der Waals surface area contributed by atoms with Crippen LogP contribution < -0.4 is 5.32 Å². The van der Waals surface area contributed by atoms with Crippen molar-refractivity contribution >= 4 is 5.91 Å². The van der Waals surface area contributed by atoms with Gasteiger partial charge in [-0.15, -0.1) is 0 Å². The molecule has 8 atom stereocenters. The normalized spacial score (nSPS) is 29.9. The molecule has 1 amide bonds. The summed E-state index contributed by atoms with van der Waals surface area (Å²) in [6.07, 6.45) is 46.0. The molecule has 1 N–H and O–H groups in total. The quantitative estimate of drug-likeness (QED) is 0.0741. The second-order valence-corrected chi connectivity index (χ2v) is 20.6. The SMILES string of the molecule is CCCCCCCCCCCCN(CCCCCCCCCCCC)CCCNC(=O)CC[C@@H](C)C1CCC2C3CCC4CCCCC4(C)C3CCC21C. The molecule has 0 aromatic carbocycles. The summed E-state index contributed by atoms with van der Waals surface area (Å²) >= 11 is 0. The minimum Gasteiger partial charge on any atom is -0.356 e. The number of carbonyl (C=O) groups excluding carboxylic acids is 1. The molecule has 7 unspecified atom stereocenters. The third kappa shape index (κ3) is 14.4. The number of nitrogens with zero attached hydrogens (tertiary/aromatic N) is 1. The van der Waals surface area contributed by atoms with E-state index in [2.05, 4.69) is 44.8 Å². The number of carbonyl (C=O) groups is 1. The number of unbranched alkanes of at least 4 members (excludes halogenated alkanes) is 18. The number of rotatable bonds is 30. The van der Waals surface area contributed by atoms with Gasteiger partial charge in [-0.2, -0.15) is 0 Å².